The second-order valence-electron chi connectivity index (χ2n) is 4.37. The van der Waals surface area contributed by atoms with Gasteiger partial charge in [-0.3, -0.25) is 0 Å². The Hall–Kier alpha value is -0.650. The molecule has 0 amide bonds. The Morgan fingerprint density at radius 1 is 1.39 bits per heavy atom. The van der Waals surface area contributed by atoms with Gasteiger partial charge in [0.05, 0.1) is 6.61 Å². The Kier molecular flexibility index (Phi) is 6.05. The summed E-state index contributed by atoms with van der Waals surface area (Å²) in [6.07, 6.45) is 0. The number of ether oxygens (including phenoxy) is 1. The first-order chi connectivity index (χ1) is 8.43. The average Bonchev–Trinajstić information content (AvgIpc) is 2.23. The van der Waals surface area contributed by atoms with Gasteiger partial charge in [0.2, 0.25) is 0 Å². The minimum atomic E-state index is 0.186. The summed E-state index contributed by atoms with van der Waals surface area (Å²) >= 11 is 8.77. The number of hydrogen-bond donors (Lipinski definition) is 2. The molecule has 5 heteroatoms. The number of aryl methyl sites for hydroxylation is 2. The molecule has 2 N–H and O–H groups in total. The molecular formula is C13H19BrN2OS. The fourth-order valence-corrected chi connectivity index (χ4v) is 2.76. The van der Waals surface area contributed by atoms with Crippen LogP contribution in [0.2, 0.25) is 0 Å². The van der Waals surface area contributed by atoms with Crippen molar-refractivity contribution in [3.63, 3.8) is 0 Å². The number of anilines is 1. The van der Waals surface area contributed by atoms with Crippen molar-refractivity contribution < 1.29 is 4.74 Å². The van der Waals surface area contributed by atoms with Gasteiger partial charge in [0.25, 0.3) is 0 Å². The van der Waals surface area contributed by atoms with Gasteiger partial charge >= 0.3 is 0 Å². The van der Waals surface area contributed by atoms with E-state index in [1.165, 1.54) is 0 Å². The number of nitrogens with one attached hydrogen (secondary N) is 2. The number of hydrogen-bond acceptors (Lipinski definition) is 2. The summed E-state index contributed by atoms with van der Waals surface area (Å²) in [7, 11) is 1.68. The second-order valence-corrected chi connectivity index (χ2v) is 5.69. The average molecular weight is 331 g/mol. The molecule has 1 aromatic rings. The number of thiocarbonyl (C=S) groups is 1. The summed E-state index contributed by atoms with van der Waals surface area (Å²) < 4.78 is 6.14. The molecule has 0 saturated heterocycles. The summed E-state index contributed by atoms with van der Waals surface area (Å²) in [4.78, 5) is 0. The van der Waals surface area contributed by atoms with Gasteiger partial charge in [-0.25, -0.2) is 0 Å². The fraction of sp³-hybridized carbons (Fsp3) is 0.462. The van der Waals surface area contributed by atoms with E-state index >= 15 is 0 Å². The molecule has 0 saturated carbocycles. The monoisotopic (exact) mass is 330 g/mol. The van der Waals surface area contributed by atoms with Gasteiger partial charge in [0, 0.05) is 23.3 Å². The van der Waals surface area contributed by atoms with E-state index in [1.54, 1.807) is 7.11 Å². The van der Waals surface area contributed by atoms with Gasteiger partial charge in [-0.1, -0.05) is 15.9 Å². The normalized spacial score (nSPS) is 12.1. The number of methoxy groups -OCH3 is 1. The topological polar surface area (TPSA) is 33.3 Å². The molecular weight excluding hydrogens is 312 g/mol. The van der Waals surface area contributed by atoms with Crippen LogP contribution in [0.25, 0.3) is 0 Å². The maximum atomic E-state index is 5.29. The lowest BCUT2D eigenvalue weighted by molar-refractivity contribution is 0.179. The van der Waals surface area contributed by atoms with Crippen LogP contribution in [0.3, 0.4) is 0 Å². The smallest absolute Gasteiger partial charge is 0.171 e. The Morgan fingerprint density at radius 3 is 2.44 bits per heavy atom. The molecule has 0 aliphatic heterocycles. The second kappa shape index (κ2) is 7.07. The zero-order chi connectivity index (χ0) is 13.7. The van der Waals surface area contributed by atoms with Crippen molar-refractivity contribution >= 4 is 38.9 Å². The van der Waals surface area contributed by atoms with Gasteiger partial charge in [-0.15, -0.1) is 0 Å². The van der Waals surface area contributed by atoms with E-state index in [0.29, 0.717) is 11.7 Å². The Balaban J connectivity index is 2.70. The highest BCUT2D eigenvalue weighted by Gasteiger charge is 2.08. The van der Waals surface area contributed by atoms with Crippen LogP contribution >= 0.6 is 28.1 Å². The van der Waals surface area contributed by atoms with Crippen LogP contribution in [0, 0.1) is 13.8 Å². The molecule has 0 fully saturated rings. The highest BCUT2D eigenvalue weighted by molar-refractivity contribution is 9.10. The van der Waals surface area contributed by atoms with Crippen molar-refractivity contribution in [2.75, 3.05) is 19.0 Å². The molecule has 0 bridgehead atoms. The number of rotatable bonds is 4. The SMILES string of the molecule is COC[C@H](C)NC(=S)Nc1c(C)cc(Br)cc1C. The third-order valence-corrected chi connectivity index (χ3v) is 3.21. The lowest BCUT2D eigenvalue weighted by atomic mass is 10.1. The lowest BCUT2D eigenvalue weighted by Crippen LogP contribution is -2.38. The molecule has 0 aliphatic rings. The molecule has 1 rings (SSSR count). The lowest BCUT2D eigenvalue weighted by Gasteiger charge is -2.18. The highest BCUT2D eigenvalue weighted by atomic mass is 79.9. The minimum absolute atomic E-state index is 0.186. The van der Waals surface area contributed by atoms with Gasteiger partial charge in [-0.05, 0) is 56.2 Å². The molecule has 100 valence electrons. The van der Waals surface area contributed by atoms with E-state index in [1.807, 2.05) is 6.92 Å². The van der Waals surface area contributed by atoms with E-state index in [2.05, 4.69) is 52.5 Å². The molecule has 0 spiro atoms. The third kappa shape index (κ3) is 4.55. The third-order valence-electron chi connectivity index (χ3n) is 2.53. The molecule has 1 atom stereocenters. The highest BCUT2D eigenvalue weighted by Crippen LogP contribution is 2.24. The van der Waals surface area contributed by atoms with Crippen LogP contribution in [0.1, 0.15) is 18.1 Å². The predicted octanol–water partition coefficient (Wildman–Crippen LogP) is 3.39. The molecule has 0 radical (unpaired) electrons. The van der Waals surface area contributed by atoms with E-state index in [-0.39, 0.29) is 6.04 Å². The van der Waals surface area contributed by atoms with E-state index < -0.39 is 0 Å². The van der Waals surface area contributed by atoms with Crippen molar-refractivity contribution in [3.05, 3.63) is 27.7 Å². The summed E-state index contributed by atoms with van der Waals surface area (Å²) in [6, 6.07) is 4.32. The Morgan fingerprint density at radius 2 is 1.94 bits per heavy atom. The minimum Gasteiger partial charge on any atom is -0.383 e. The summed E-state index contributed by atoms with van der Waals surface area (Å²) in [5.41, 5.74) is 3.37. The molecule has 0 aromatic heterocycles. The molecule has 0 unspecified atom stereocenters. The summed E-state index contributed by atoms with van der Waals surface area (Å²) in [6.45, 7) is 6.77. The maximum absolute atomic E-state index is 5.29. The van der Waals surface area contributed by atoms with E-state index in [9.17, 15) is 0 Å². The predicted molar refractivity (Wildman–Crippen MR) is 84.3 cm³/mol. The fourth-order valence-electron chi connectivity index (χ4n) is 1.77. The Labute approximate surface area is 122 Å². The van der Waals surface area contributed by atoms with Gasteiger partial charge in [-0.2, -0.15) is 0 Å². The quantitative estimate of drug-likeness (QED) is 0.829. The summed E-state index contributed by atoms with van der Waals surface area (Å²) in [5, 5.41) is 7.04. The van der Waals surface area contributed by atoms with Crippen LogP contribution in [-0.2, 0) is 4.74 Å². The van der Waals surface area contributed by atoms with Crippen molar-refractivity contribution in [3.8, 4) is 0 Å². The van der Waals surface area contributed by atoms with Crippen molar-refractivity contribution in [1.82, 2.24) is 5.32 Å². The zero-order valence-corrected chi connectivity index (χ0v) is 13.5. The number of benzene rings is 1. The molecule has 0 aliphatic carbocycles. The first-order valence-electron chi connectivity index (χ1n) is 5.77. The van der Waals surface area contributed by atoms with Crippen LogP contribution in [-0.4, -0.2) is 24.9 Å². The first kappa shape index (κ1) is 15.4. The van der Waals surface area contributed by atoms with Crippen LogP contribution in [0.5, 0.6) is 0 Å². The first-order valence-corrected chi connectivity index (χ1v) is 6.97. The van der Waals surface area contributed by atoms with E-state index in [4.69, 9.17) is 17.0 Å². The van der Waals surface area contributed by atoms with Gasteiger partial charge in [0.15, 0.2) is 5.11 Å². The largest absolute Gasteiger partial charge is 0.383 e. The standard InChI is InChI=1S/C13H19BrN2OS/c1-8-5-11(14)6-9(2)12(8)16-13(18)15-10(3)7-17-4/h5-6,10H,7H2,1-4H3,(H2,15,16,18)/t10-/m0/s1. The van der Waals surface area contributed by atoms with Crippen LogP contribution in [0.15, 0.2) is 16.6 Å². The van der Waals surface area contributed by atoms with Crippen LogP contribution < -0.4 is 10.6 Å². The molecule has 0 heterocycles. The molecule has 1 aromatic carbocycles. The van der Waals surface area contributed by atoms with Gasteiger partial charge < -0.3 is 15.4 Å². The Bertz CT molecular complexity index is 414. The van der Waals surface area contributed by atoms with Gasteiger partial charge in [0.1, 0.15) is 0 Å². The van der Waals surface area contributed by atoms with E-state index in [0.717, 1.165) is 21.3 Å². The van der Waals surface area contributed by atoms with Crippen molar-refractivity contribution in [1.29, 1.82) is 0 Å². The number of halogens is 1. The maximum Gasteiger partial charge on any atom is 0.171 e. The summed E-state index contributed by atoms with van der Waals surface area (Å²) in [5.74, 6) is 0. The van der Waals surface area contributed by atoms with Crippen molar-refractivity contribution in [2.45, 2.75) is 26.8 Å². The zero-order valence-electron chi connectivity index (χ0n) is 11.1. The van der Waals surface area contributed by atoms with Crippen molar-refractivity contribution in [2.24, 2.45) is 0 Å². The molecule has 3 nitrogen and oxygen atoms in total. The molecule has 18 heavy (non-hydrogen) atoms. The van der Waals surface area contributed by atoms with Crippen LogP contribution in [0.4, 0.5) is 5.69 Å².